The quantitative estimate of drug-likeness (QED) is 0.0343. The van der Waals surface area contributed by atoms with Gasteiger partial charge in [-0.3, -0.25) is 14.4 Å². The third kappa shape index (κ3) is 55.2. The molecule has 0 rings (SSSR count). The largest absolute Gasteiger partial charge is 0.462 e. The van der Waals surface area contributed by atoms with Crippen molar-refractivity contribution in [1.82, 2.24) is 0 Å². The van der Waals surface area contributed by atoms with Crippen molar-refractivity contribution in [3.8, 4) is 0 Å². The van der Waals surface area contributed by atoms with E-state index in [4.69, 9.17) is 14.2 Å². The predicted octanol–water partition coefficient (Wildman–Crippen LogP) is 20.0. The molecule has 6 heteroatoms. The average molecular weight is 948 g/mol. The molecule has 1 atom stereocenters. The van der Waals surface area contributed by atoms with Crippen LogP contribution < -0.4 is 0 Å². The first-order chi connectivity index (χ1) is 32.7. The number of carbonyl (C=O) groups excluding carboxylic acids is 3. The highest BCUT2D eigenvalue weighted by Crippen LogP contribution is 2.18. The highest BCUT2D eigenvalue weighted by Gasteiger charge is 2.19. The van der Waals surface area contributed by atoms with Gasteiger partial charge >= 0.3 is 17.9 Å². The van der Waals surface area contributed by atoms with Gasteiger partial charge in [-0.25, -0.2) is 0 Å². The average Bonchev–Trinajstić information content (AvgIpc) is 3.30. The number of rotatable bonds is 55. The maximum Gasteiger partial charge on any atom is 0.306 e. The van der Waals surface area contributed by atoms with Gasteiger partial charge in [-0.05, 0) is 31.1 Å². The maximum absolute atomic E-state index is 12.9. The summed E-state index contributed by atoms with van der Waals surface area (Å²) < 4.78 is 16.9. The van der Waals surface area contributed by atoms with Crippen LogP contribution in [0.4, 0.5) is 0 Å². The van der Waals surface area contributed by atoms with Gasteiger partial charge in [-0.1, -0.05) is 304 Å². The second kappa shape index (κ2) is 53.8. The van der Waals surface area contributed by atoms with E-state index in [-0.39, 0.29) is 31.1 Å². The zero-order valence-electron chi connectivity index (χ0n) is 46.0. The Balaban J connectivity index is 4.30. The van der Waals surface area contributed by atoms with Gasteiger partial charge in [0.25, 0.3) is 0 Å². The van der Waals surface area contributed by atoms with Gasteiger partial charge < -0.3 is 14.2 Å². The molecule has 0 saturated heterocycles. The van der Waals surface area contributed by atoms with Crippen LogP contribution in [0.2, 0.25) is 0 Å². The summed E-state index contributed by atoms with van der Waals surface area (Å²) in [4.78, 5) is 38.2. The number of carbonyl (C=O) groups is 3. The first-order valence-electron chi connectivity index (χ1n) is 30.2. The first kappa shape index (κ1) is 65.4. The van der Waals surface area contributed by atoms with Crippen molar-refractivity contribution in [3.63, 3.8) is 0 Å². The molecule has 0 aliphatic rings. The fourth-order valence-electron chi connectivity index (χ4n) is 9.40. The summed E-state index contributed by atoms with van der Waals surface area (Å²) >= 11 is 0. The predicted molar refractivity (Wildman–Crippen MR) is 289 cm³/mol. The Bertz CT molecular complexity index is 1020. The maximum atomic E-state index is 12.9. The van der Waals surface area contributed by atoms with Crippen molar-refractivity contribution >= 4 is 17.9 Å². The molecule has 398 valence electrons. The summed E-state index contributed by atoms with van der Waals surface area (Å²) in [7, 11) is 0. The van der Waals surface area contributed by atoms with Crippen molar-refractivity contribution in [2.75, 3.05) is 13.2 Å². The van der Waals surface area contributed by atoms with Crippen LogP contribution >= 0.6 is 0 Å². The molecule has 0 radical (unpaired) electrons. The molecule has 0 aromatic rings. The molecule has 0 fully saturated rings. The van der Waals surface area contributed by atoms with E-state index in [9.17, 15) is 14.4 Å². The Hall–Kier alpha value is -1.59. The van der Waals surface area contributed by atoms with Crippen LogP contribution in [0.15, 0.2) is 0 Å². The van der Waals surface area contributed by atoms with Crippen LogP contribution in [0.25, 0.3) is 0 Å². The van der Waals surface area contributed by atoms with Crippen LogP contribution in [0, 0.1) is 11.8 Å². The molecule has 0 aromatic heterocycles. The Morgan fingerprint density at radius 1 is 0.284 bits per heavy atom. The van der Waals surface area contributed by atoms with Crippen molar-refractivity contribution < 1.29 is 28.6 Å². The van der Waals surface area contributed by atoms with Crippen LogP contribution in [0.5, 0.6) is 0 Å². The number of hydrogen-bond donors (Lipinski definition) is 0. The lowest BCUT2D eigenvalue weighted by Crippen LogP contribution is -2.30. The van der Waals surface area contributed by atoms with E-state index in [0.29, 0.717) is 19.3 Å². The first-order valence-corrected chi connectivity index (χ1v) is 30.2. The minimum atomic E-state index is -0.763. The van der Waals surface area contributed by atoms with E-state index in [1.807, 2.05) is 0 Å². The van der Waals surface area contributed by atoms with E-state index in [0.717, 1.165) is 69.6 Å². The molecule has 6 nitrogen and oxygen atoms in total. The van der Waals surface area contributed by atoms with E-state index in [2.05, 4.69) is 34.6 Å². The Kier molecular flexibility index (Phi) is 52.5. The third-order valence-corrected chi connectivity index (χ3v) is 14.0. The van der Waals surface area contributed by atoms with E-state index in [1.54, 1.807) is 0 Å². The van der Waals surface area contributed by atoms with Crippen molar-refractivity contribution in [3.05, 3.63) is 0 Å². The highest BCUT2D eigenvalue weighted by molar-refractivity contribution is 5.71. The monoisotopic (exact) mass is 947 g/mol. The molecule has 0 bridgehead atoms. The lowest BCUT2D eigenvalue weighted by molar-refractivity contribution is -0.167. The number of esters is 3. The van der Waals surface area contributed by atoms with Gasteiger partial charge in [0, 0.05) is 19.3 Å². The zero-order valence-corrected chi connectivity index (χ0v) is 46.0. The Labute approximate surface area is 418 Å². The summed E-state index contributed by atoms with van der Waals surface area (Å²) in [5.41, 5.74) is 0. The summed E-state index contributed by atoms with van der Waals surface area (Å²) in [6.07, 6.45) is 58.1. The van der Waals surface area contributed by atoms with Gasteiger partial charge in [0.05, 0.1) is 0 Å². The lowest BCUT2D eigenvalue weighted by atomic mass is 10.0. The van der Waals surface area contributed by atoms with Crippen LogP contribution in [0.1, 0.15) is 343 Å². The minimum absolute atomic E-state index is 0.0622. The fraction of sp³-hybridized carbons (Fsp3) is 0.951. The molecule has 0 aromatic carbocycles. The molecule has 0 saturated carbocycles. The normalized spacial score (nSPS) is 12.0. The van der Waals surface area contributed by atoms with Gasteiger partial charge in [0.2, 0.25) is 0 Å². The summed E-state index contributed by atoms with van der Waals surface area (Å²) in [6.45, 7) is 11.4. The molecule has 0 aliphatic carbocycles. The number of ether oxygens (including phenoxy) is 3. The van der Waals surface area contributed by atoms with E-state index >= 15 is 0 Å². The van der Waals surface area contributed by atoms with Crippen molar-refractivity contribution in [2.24, 2.45) is 11.8 Å². The molecule has 0 N–H and O–H groups in total. The molecule has 0 heterocycles. The molecular formula is C61H118O6. The standard InChI is InChI=1S/C61H118O6/c1-6-7-8-9-10-11-12-13-15-21-26-31-36-41-46-51-59(62)65-54-58(55-66-60(63)52-47-42-37-32-27-23-18-20-25-30-35-40-45-50-57(4)5)67-61(64)53-48-43-38-33-28-22-17-14-16-19-24-29-34-39-44-49-56(2)3/h56-58H,6-55H2,1-5H3/t58-/m0/s1. The second-order valence-electron chi connectivity index (χ2n) is 21.9. The van der Waals surface area contributed by atoms with Crippen LogP contribution in [-0.2, 0) is 28.6 Å². The molecular weight excluding hydrogens is 829 g/mol. The molecule has 0 amide bonds. The number of unbranched alkanes of at least 4 members (excludes halogenated alkanes) is 40. The molecule has 0 unspecified atom stereocenters. The summed E-state index contributed by atoms with van der Waals surface area (Å²) in [6, 6.07) is 0. The van der Waals surface area contributed by atoms with Gasteiger partial charge in [0.1, 0.15) is 13.2 Å². The zero-order chi connectivity index (χ0) is 48.9. The van der Waals surface area contributed by atoms with Crippen molar-refractivity contribution in [2.45, 2.75) is 349 Å². The van der Waals surface area contributed by atoms with Crippen LogP contribution in [0.3, 0.4) is 0 Å². The van der Waals surface area contributed by atoms with E-state index in [1.165, 1.54) is 231 Å². The van der Waals surface area contributed by atoms with Crippen LogP contribution in [-0.4, -0.2) is 37.2 Å². The smallest absolute Gasteiger partial charge is 0.306 e. The Morgan fingerprint density at radius 3 is 0.731 bits per heavy atom. The highest BCUT2D eigenvalue weighted by atomic mass is 16.6. The lowest BCUT2D eigenvalue weighted by Gasteiger charge is -2.18. The van der Waals surface area contributed by atoms with E-state index < -0.39 is 6.10 Å². The SMILES string of the molecule is CCCCCCCCCCCCCCCCCC(=O)OC[C@@H](COC(=O)CCCCCCCCCCCCCCCC(C)C)OC(=O)CCCCCCCCCCCCCCCCCC(C)C. The fourth-order valence-corrected chi connectivity index (χ4v) is 9.40. The Morgan fingerprint density at radius 2 is 0.493 bits per heavy atom. The summed E-state index contributed by atoms with van der Waals surface area (Å²) in [5, 5.41) is 0. The topological polar surface area (TPSA) is 78.9 Å². The summed E-state index contributed by atoms with van der Waals surface area (Å²) in [5.74, 6) is 0.853. The molecule has 67 heavy (non-hydrogen) atoms. The van der Waals surface area contributed by atoms with Gasteiger partial charge in [0.15, 0.2) is 6.10 Å². The third-order valence-electron chi connectivity index (χ3n) is 14.0. The number of hydrogen-bond acceptors (Lipinski definition) is 6. The second-order valence-corrected chi connectivity index (χ2v) is 21.9. The molecule has 0 aliphatic heterocycles. The van der Waals surface area contributed by atoms with Gasteiger partial charge in [-0.15, -0.1) is 0 Å². The van der Waals surface area contributed by atoms with Crippen molar-refractivity contribution in [1.29, 1.82) is 0 Å². The van der Waals surface area contributed by atoms with Gasteiger partial charge in [-0.2, -0.15) is 0 Å². The molecule has 0 spiro atoms. The minimum Gasteiger partial charge on any atom is -0.462 e.